The molecule has 1 rings (SSSR count). The summed E-state index contributed by atoms with van der Waals surface area (Å²) in [6, 6.07) is 8.89. The highest BCUT2D eigenvalue weighted by Crippen LogP contribution is 2.10. The van der Waals surface area contributed by atoms with Gasteiger partial charge in [0.2, 0.25) is 0 Å². The van der Waals surface area contributed by atoms with Gasteiger partial charge in [0.25, 0.3) is 0 Å². The maximum Gasteiger partial charge on any atom is 0.191 e. The Balaban J connectivity index is 0.00000441. The third kappa shape index (κ3) is 7.44. The van der Waals surface area contributed by atoms with E-state index in [9.17, 15) is 8.42 Å². The Labute approximate surface area is 150 Å². The van der Waals surface area contributed by atoms with Crippen molar-refractivity contribution in [2.24, 2.45) is 4.99 Å². The number of nitrogens with one attached hydrogen (secondary N) is 2. The van der Waals surface area contributed by atoms with Gasteiger partial charge in [-0.2, -0.15) is 0 Å². The average molecular weight is 439 g/mol. The highest BCUT2D eigenvalue weighted by Gasteiger charge is 2.13. The molecule has 0 saturated carbocycles. The standard InChI is InChI=1S/C15H25N3O2S.HI/c1-4-13(2)18-15(16-3)17-11-8-12-21(19,20)14-9-6-5-7-10-14;/h5-7,9-10,13H,4,8,11-12H2,1-3H3,(H2,16,17,18);1H. The van der Waals surface area contributed by atoms with E-state index >= 15 is 0 Å². The Morgan fingerprint density at radius 1 is 1.27 bits per heavy atom. The second kappa shape index (κ2) is 10.8. The van der Waals surface area contributed by atoms with Crippen molar-refractivity contribution in [1.29, 1.82) is 0 Å². The fraction of sp³-hybridized carbons (Fsp3) is 0.533. The van der Waals surface area contributed by atoms with Crippen LogP contribution in [0.1, 0.15) is 26.7 Å². The number of hydrogen-bond acceptors (Lipinski definition) is 3. The van der Waals surface area contributed by atoms with Gasteiger partial charge in [-0.1, -0.05) is 25.1 Å². The van der Waals surface area contributed by atoms with E-state index < -0.39 is 9.84 Å². The van der Waals surface area contributed by atoms with Gasteiger partial charge in [-0.3, -0.25) is 4.99 Å². The summed E-state index contributed by atoms with van der Waals surface area (Å²) >= 11 is 0. The van der Waals surface area contributed by atoms with Crippen LogP contribution >= 0.6 is 24.0 Å². The molecule has 0 bridgehead atoms. The lowest BCUT2D eigenvalue weighted by Crippen LogP contribution is -2.42. The molecule has 0 aromatic heterocycles. The van der Waals surface area contributed by atoms with Crippen molar-refractivity contribution in [1.82, 2.24) is 10.6 Å². The molecule has 0 saturated heterocycles. The van der Waals surface area contributed by atoms with Gasteiger partial charge in [-0.15, -0.1) is 24.0 Å². The Bertz CT molecular complexity index is 547. The molecule has 1 unspecified atom stereocenters. The highest BCUT2D eigenvalue weighted by molar-refractivity contribution is 14.0. The molecule has 7 heteroatoms. The van der Waals surface area contributed by atoms with E-state index in [1.165, 1.54) is 0 Å². The number of aliphatic imine (C=N–C) groups is 1. The normalized spacial score (nSPS) is 13.1. The van der Waals surface area contributed by atoms with E-state index in [1.807, 2.05) is 6.07 Å². The van der Waals surface area contributed by atoms with E-state index in [4.69, 9.17) is 0 Å². The quantitative estimate of drug-likeness (QED) is 0.296. The Morgan fingerprint density at radius 2 is 1.91 bits per heavy atom. The fourth-order valence-corrected chi connectivity index (χ4v) is 3.08. The van der Waals surface area contributed by atoms with Crippen LogP contribution in [-0.2, 0) is 9.84 Å². The van der Waals surface area contributed by atoms with Crippen LogP contribution in [0.15, 0.2) is 40.2 Å². The summed E-state index contributed by atoms with van der Waals surface area (Å²) in [4.78, 5) is 4.49. The molecule has 0 aliphatic rings. The minimum Gasteiger partial charge on any atom is -0.356 e. The van der Waals surface area contributed by atoms with Gasteiger partial charge in [0.15, 0.2) is 15.8 Å². The molecular formula is C15H26IN3O2S. The Morgan fingerprint density at radius 3 is 2.45 bits per heavy atom. The van der Waals surface area contributed by atoms with Crippen LogP contribution in [0.25, 0.3) is 0 Å². The Hall–Kier alpha value is -0.830. The zero-order valence-corrected chi connectivity index (χ0v) is 16.5. The summed E-state index contributed by atoms with van der Waals surface area (Å²) < 4.78 is 24.2. The van der Waals surface area contributed by atoms with E-state index in [0.717, 1.165) is 6.42 Å². The molecule has 0 fully saturated rings. The highest BCUT2D eigenvalue weighted by atomic mass is 127. The summed E-state index contributed by atoms with van der Waals surface area (Å²) in [6.45, 7) is 4.74. The van der Waals surface area contributed by atoms with Crippen LogP contribution in [0.3, 0.4) is 0 Å². The average Bonchev–Trinajstić information content (AvgIpc) is 2.50. The SMILES string of the molecule is CCC(C)NC(=NC)NCCCS(=O)(=O)c1ccccc1.I. The number of rotatable bonds is 7. The summed E-state index contributed by atoms with van der Waals surface area (Å²) in [7, 11) is -1.49. The van der Waals surface area contributed by atoms with Crippen LogP contribution < -0.4 is 10.6 Å². The maximum absolute atomic E-state index is 12.1. The lowest BCUT2D eigenvalue weighted by molar-refractivity contribution is 0.591. The smallest absolute Gasteiger partial charge is 0.191 e. The zero-order chi connectivity index (χ0) is 15.7. The van der Waals surface area contributed by atoms with Crippen molar-refractivity contribution in [3.05, 3.63) is 30.3 Å². The molecule has 1 atom stereocenters. The molecule has 0 radical (unpaired) electrons. The number of benzene rings is 1. The predicted molar refractivity (Wildman–Crippen MR) is 103 cm³/mol. The summed E-state index contributed by atoms with van der Waals surface area (Å²) in [5.74, 6) is 0.839. The summed E-state index contributed by atoms with van der Waals surface area (Å²) in [6.07, 6.45) is 1.54. The third-order valence-electron chi connectivity index (χ3n) is 3.20. The third-order valence-corrected chi connectivity index (χ3v) is 5.02. The van der Waals surface area contributed by atoms with E-state index in [2.05, 4.69) is 29.5 Å². The van der Waals surface area contributed by atoms with E-state index in [1.54, 1.807) is 31.3 Å². The number of hydrogen-bond donors (Lipinski definition) is 2. The lowest BCUT2D eigenvalue weighted by atomic mass is 10.3. The lowest BCUT2D eigenvalue weighted by Gasteiger charge is -2.16. The first-order chi connectivity index (χ1) is 9.99. The minimum absolute atomic E-state index is 0. The molecule has 1 aromatic carbocycles. The van der Waals surface area contributed by atoms with Crippen LogP contribution in [0, 0.1) is 0 Å². The van der Waals surface area contributed by atoms with Crippen LogP contribution in [-0.4, -0.2) is 39.8 Å². The van der Waals surface area contributed by atoms with Gasteiger partial charge in [-0.05, 0) is 31.9 Å². The Kier molecular flexibility index (Phi) is 10.4. The second-order valence-corrected chi connectivity index (χ2v) is 7.05. The molecule has 5 nitrogen and oxygen atoms in total. The van der Waals surface area contributed by atoms with Gasteiger partial charge in [0.05, 0.1) is 10.6 Å². The van der Waals surface area contributed by atoms with Crippen molar-refractivity contribution in [3.8, 4) is 0 Å². The van der Waals surface area contributed by atoms with Crippen molar-refractivity contribution in [2.75, 3.05) is 19.3 Å². The molecule has 1 aromatic rings. The van der Waals surface area contributed by atoms with E-state index in [0.29, 0.717) is 29.9 Å². The van der Waals surface area contributed by atoms with Gasteiger partial charge < -0.3 is 10.6 Å². The fourth-order valence-electron chi connectivity index (χ4n) is 1.74. The van der Waals surface area contributed by atoms with E-state index in [-0.39, 0.29) is 29.7 Å². The number of halogens is 1. The molecule has 0 spiro atoms. The largest absolute Gasteiger partial charge is 0.356 e. The summed E-state index contributed by atoms with van der Waals surface area (Å²) in [5, 5.41) is 6.37. The van der Waals surface area contributed by atoms with Crippen molar-refractivity contribution in [2.45, 2.75) is 37.6 Å². The molecule has 0 amide bonds. The molecule has 0 heterocycles. The molecule has 0 aliphatic heterocycles. The van der Waals surface area contributed by atoms with Crippen LogP contribution in [0.4, 0.5) is 0 Å². The first-order valence-corrected chi connectivity index (χ1v) is 8.89. The van der Waals surface area contributed by atoms with Gasteiger partial charge in [0, 0.05) is 19.6 Å². The first kappa shape index (κ1) is 21.2. The summed E-state index contributed by atoms with van der Waals surface area (Å²) in [5.41, 5.74) is 0. The number of guanidine groups is 1. The van der Waals surface area contributed by atoms with Crippen molar-refractivity contribution in [3.63, 3.8) is 0 Å². The van der Waals surface area contributed by atoms with Crippen LogP contribution in [0.5, 0.6) is 0 Å². The molecule has 126 valence electrons. The molecule has 2 N–H and O–H groups in total. The van der Waals surface area contributed by atoms with Crippen molar-refractivity contribution >= 4 is 39.8 Å². The topological polar surface area (TPSA) is 70.6 Å². The molecular weight excluding hydrogens is 413 g/mol. The molecule has 0 aliphatic carbocycles. The van der Waals surface area contributed by atoms with Gasteiger partial charge in [-0.25, -0.2) is 8.42 Å². The number of nitrogens with zero attached hydrogens (tertiary/aromatic N) is 1. The number of sulfone groups is 1. The second-order valence-electron chi connectivity index (χ2n) is 4.94. The van der Waals surface area contributed by atoms with Crippen LogP contribution in [0.2, 0.25) is 0 Å². The van der Waals surface area contributed by atoms with Crippen molar-refractivity contribution < 1.29 is 8.42 Å². The maximum atomic E-state index is 12.1. The van der Waals surface area contributed by atoms with Gasteiger partial charge >= 0.3 is 0 Å². The predicted octanol–water partition coefficient (Wildman–Crippen LogP) is 2.43. The molecule has 22 heavy (non-hydrogen) atoms. The van der Waals surface area contributed by atoms with Gasteiger partial charge in [0.1, 0.15) is 0 Å². The first-order valence-electron chi connectivity index (χ1n) is 7.24. The zero-order valence-electron chi connectivity index (χ0n) is 13.4. The monoisotopic (exact) mass is 439 g/mol. The minimum atomic E-state index is -3.19.